The number of nitrogens with zero attached hydrogens (tertiary/aromatic N) is 2. The first-order valence-electron chi connectivity index (χ1n) is 2.96. The molecule has 2 N–H and O–H groups in total. The topological polar surface area (TPSA) is 51.8 Å². The van der Waals surface area contributed by atoms with Gasteiger partial charge >= 0.3 is 0 Å². The highest BCUT2D eigenvalue weighted by atomic mass is 32.2. The minimum atomic E-state index is 0.438. The number of nitrogens with two attached hydrogens (primary N) is 1. The summed E-state index contributed by atoms with van der Waals surface area (Å²) in [6.45, 7) is 2.76. The fraction of sp³-hybridized carbons (Fsp3) is 0.600. The molecule has 10 heavy (non-hydrogen) atoms. The van der Waals surface area contributed by atoms with Crippen LogP contribution in [0.5, 0.6) is 0 Å². The third-order valence-electron chi connectivity index (χ3n) is 0.975. The van der Waals surface area contributed by atoms with E-state index in [0.29, 0.717) is 11.8 Å². The van der Waals surface area contributed by atoms with Crippen LogP contribution in [0.4, 0.5) is 0 Å². The molecule has 0 amide bonds. The summed E-state index contributed by atoms with van der Waals surface area (Å²) < 4.78 is 4.88. The average molecular weight is 175 g/mol. The lowest BCUT2D eigenvalue weighted by Crippen LogP contribution is -2.11. The van der Waals surface area contributed by atoms with Gasteiger partial charge in [-0.3, -0.25) is 0 Å². The first kappa shape index (κ1) is 7.97. The number of rotatable bonds is 3. The Labute approximate surface area is 68.2 Å². The smallest absolute Gasteiger partial charge is 0.170 e. The standard InChI is InChI=1S/C5H9N3S2/c1-4(2-6)9-5-7-3-8-10-5/h3-4H,2,6H2,1H3. The van der Waals surface area contributed by atoms with Crippen molar-refractivity contribution in [2.75, 3.05) is 6.54 Å². The zero-order chi connectivity index (χ0) is 7.40. The van der Waals surface area contributed by atoms with Crippen LogP contribution in [0.3, 0.4) is 0 Å². The van der Waals surface area contributed by atoms with E-state index in [9.17, 15) is 0 Å². The minimum Gasteiger partial charge on any atom is -0.329 e. The Balaban J connectivity index is 2.40. The van der Waals surface area contributed by atoms with Gasteiger partial charge in [-0.05, 0) is 11.5 Å². The van der Waals surface area contributed by atoms with E-state index in [0.717, 1.165) is 4.34 Å². The molecule has 0 bridgehead atoms. The molecule has 0 radical (unpaired) electrons. The summed E-state index contributed by atoms with van der Waals surface area (Å²) in [7, 11) is 0. The molecule has 0 aliphatic heterocycles. The molecule has 1 aromatic rings. The predicted molar refractivity (Wildman–Crippen MR) is 44.3 cm³/mol. The summed E-state index contributed by atoms with van der Waals surface area (Å²) in [4.78, 5) is 4.02. The molecular weight excluding hydrogens is 166 g/mol. The van der Waals surface area contributed by atoms with Crippen molar-refractivity contribution in [1.29, 1.82) is 0 Å². The van der Waals surface area contributed by atoms with E-state index in [1.54, 1.807) is 18.1 Å². The lowest BCUT2D eigenvalue weighted by Gasteiger charge is -2.02. The van der Waals surface area contributed by atoms with Gasteiger partial charge in [0.15, 0.2) is 4.34 Å². The van der Waals surface area contributed by atoms with Crippen molar-refractivity contribution in [1.82, 2.24) is 9.36 Å². The molecule has 1 atom stereocenters. The zero-order valence-electron chi connectivity index (χ0n) is 5.65. The van der Waals surface area contributed by atoms with Crippen molar-refractivity contribution >= 4 is 23.3 Å². The average Bonchev–Trinajstić information content (AvgIpc) is 2.40. The third kappa shape index (κ3) is 2.24. The van der Waals surface area contributed by atoms with Gasteiger partial charge < -0.3 is 5.73 Å². The van der Waals surface area contributed by atoms with E-state index in [4.69, 9.17) is 5.73 Å². The molecule has 0 aliphatic rings. The van der Waals surface area contributed by atoms with E-state index in [2.05, 4.69) is 16.3 Å². The van der Waals surface area contributed by atoms with E-state index in [1.807, 2.05) is 0 Å². The van der Waals surface area contributed by atoms with Gasteiger partial charge in [0.05, 0.1) is 0 Å². The maximum absolute atomic E-state index is 5.42. The molecule has 56 valence electrons. The van der Waals surface area contributed by atoms with Crippen LogP contribution in [0.2, 0.25) is 0 Å². The van der Waals surface area contributed by atoms with Crippen LogP contribution in [-0.4, -0.2) is 21.2 Å². The number of hydrogen-bond acceptors (Lipinski definition) is 5. The van der Waals surface area contributed by atoms with Gasteiger partial charge in [-0.1, -0.05) is 18.7 Å². The van der Waals surface area contributed by atoms with E-state index >= 15 is 0 Å². The number of thioether (sulfide) groups is 1. The first-order chi connectivity index (χ1) is 4.83. The Morgan fingerprint density at radius 1 is 1.90 bits per heavy atom. The van der Waals surface area contributed by atoms with Crippen molar-refractivity contribution in [3.63, 3.8) is 0 Å². The molecule has 5 heteroatoms. The molecule has 0 saturated heterocycles. The molecule has 1 heterocycles. The van der Waals surface area contributed by atoms with E-state index in [1.165, 1.54) is 11.5 Å². The molecule has 3 nitrogen and oxygen atoms in total. The normalized spacial score (nSPS) is 13.4. The highest BCUT2D eigenvalue weighted by molar-refractivity contribution is 8.01. The van der Waals surface area contributed by atoms with Gasteiger partial charge in [-0.25, -0.2) is 4.98 Å². The van der Waals surface area contributed by atoms with Crippen LogP contribution in [0.25, 0.3) is 0 Å². The SMILES string of the molecule is CC(CN)Sc1ncns1. The Morgan fingerprint density at radius 3 is 3.20 bits per heavy atom. The van der Waals surface area contributed by atoms with Crippen LogP contribution in [-0.2, 0) is 0 Å². The molecular formula is C5H9N3S2. The molecule has 0 aromatic carbocycles. The summed E-state index contributed by atoms with van der Waals surface area (Å²) >= 11 is 3.08. The van der Waals surface area contributed by atoms with Gasteiger partial charge in [0.25, 0.3) is 0 Å². The fourth-order valence-electron chi connectivity index (χ4n) is 0.435. The summed E-state index contributed by atoms with van der Waals surface area (Å²) in [5, 5.41) is 0.438. The van der Waals surface area contributed by atoms with Crippen molar-refractivity contribution in [3.05, 3.63) is 6.33 Å². The van der Waals surface area contributed by atoms with Gasteiger partial charge in [-0.2, -0.15) is 4.37 Å². The van der Waals surface area contributed by atoms with Crippen molar-refractivity contribution < 1.29 is 0 Å². The maximum atomic E-state index is 5.42. The summed E-state index contributed by atoms with van der Waals surface area (Å²) in [6, 6.07) is 0. The van der Waals surface area contributed by atoms with Crippen molar-refractivity contribution in [2.45, 2.75) is 16.5 Å². The quantitative estimate of drug-likeness (QED) is 0.696. The summed E-state index contributed by atoms with van der Waals surface area (Å²) in [5.41, 5.74) is 5.42. The van der Waals surface area contributed by atoms with Crippen molar-refractivity contribution in [2.24, 2.45) is 5.73 Å². The monoisotopic (exact) mass is 175 g/mol. The Morgan fingerprint density at radius 2 is 2.70 bits per heavy atom. The Bertz CT molecular complexity index is 175. The second-order valence-electron chi connectivity index (χ2n) is 1.87. The second-order valence-corrected chi connectivity index (χ2v) is 4.34. The van der Waals surface area contributed by atoms with E-state index < -0.39 is 0 Å². The van der Waals surface area contributed by atoms with Crippen molar-refractivity contribution in [3.8, 4) is 0 Å². The second kappa shape index (κ2) is 3.90. The van der Waals surface area contributed by atoms with Crippen LogP contribution < -0.4 is 5.73 Å². The lowest BCUT2D eigenvalue weighted by molar-refractivity contribution is 0.949. The number of aromatic nitrogens is 2. The molecule has 0 aliphatic carbocycles. The summed E-state index contributed by atoms with van der Waals surface area (Å²) in [6.07, 6.45) is 1.57. The lowest BCUT2D eigenvalue weighted by atomic mass is 10.5. The van der Waals surface area contributed by atoms with Gasteiger partial charge in [0.2, 0.25) is 0 Å². The van der Waals surface area contributed by atoms with Gasteiger partial charge in [-0.15, -0.1) is 0 Å². The Kier molecular flexibility index (Phi) is 3.11. The molecule has 1 aromatic heterocycles. The highest BCUT2D eigenvalue weighted by Crippen LogP contribution is 2.22. The minimum absolute atomic E-state index is 0.438. The molecule has 1 unspecified atom stereocenters. The largest absolute Gasteiger partial charge is 0.329 e. The van der Waals surface area contributed by atoms with Crippen LogP contribution >= 0.6 is 23.3 Å². The van der Waals surface area contributed by atoms with Gasteiger partial charge in [0.1, 0.15) is 6.33 Å². The fourth-order valence-corrected chi connectivity index (χ4v) is 2.06. The molecule has 0 saturated carbocycles. The van der Waals surface area contributed by atoms with Crippen LogP contribution in [0.1, 0.15) is 6.92 Å². The summed E-state index contributed by atoms with van der Waals surface area (Å²) in [5.74, 6) is 0. The highest BCUT2D eigenvalue weighted by Gasteiger charge is 2.03. The molecule has 1 rings (SSSR count). The first-order valence-corrected chi connectivity index (χ1v) is 4.61. The maximum Gasteiger partial charge on any atom is 0.170 e. The van der Waals surface area contributed by atoms with Crippen LogP contribution in [0, 0.1) is 0 Å². The predicted octanol–water partition coefficient (Wildman–Crippen LogP) is 0.977. The third-order valence-corrected chi connectivity index (χ3v) is 2.85. The zero-order valence-corrected chi connectivity index (χ0v) is 7.28. The van der Waals surface area contributed by atoms with Crippen LogP contribution in [0.15, 0.2) is 10.7 Å². The van der Waals surface area contributed by atoms with Gasteiger partial charge in [0, 0.05) is 11.8 Å². The molecule has 0 spiro atoms. The van der Waals surface area contributed by atoms with E-state index in [-0.39, 0.29) is 0 Å². The molecule has 0 fully saturated rings. The number of hydrogen-bond donors (Lipinski definition) is 1. The Hall–Kier alpha value is -0.130.